The summed E-state index contributed by atoms with van der Waals surface area (Å²) in [6, 6.07) is 6.68. The van der Waals surface area contributed by atoms with E-state index in [0.717, 1.165) is 0 Å². The summed E-state index contributed by atoms with van der Waals surface area (Å²) in [4.78, 5) is 22.8. The normalized spacial score (nSPS) is 10.5. The number of esters is 2. The van der Waals surface area contributed by atoms with E-state index >= 15 is 0 Å². The monoisotopic (exact) mass is 305 g/mol. The van der Waals surface area contributed by atoms with Gasteiger partial charge in [0, 0.05) is 0 Å². The summed E-state index contributed by atoms with van der Waals surface area (Å²) in [5, 5.41) is 9.12. The molecule has 6 nitrogen and oxygen atoms in total. The smallest absolute Gasteiger partial charge is 0.344 e. The first kappa shape index (κ1) is 17.5. The van der Waals surface area contributed by atoms with Crippen molar-refractivity contribution in [3.63, 3.8) is 0 Å². The van der Waals surface area contributed by atoms with Crippen molar-refractivity contribution in [3.05, 3.63) is 29.3 Å². The van der Waals surface area contributed by atoms with E-state index in [1.54, 1.807) is 32.9 Å². The van der Waals surface area contributed by atoms with Crippen molar-refractivity contribution in [2.75, 3.05) is 13.7 Å². The molecule has 0 saturated heterocycles. The van der Waals surface area contributed by atoms with E-state index in [-0.39, 0.29) is 24.3 Å². The SMILES string of the molecule is COC(=O)Cc1ccc(OCC(=O)OC(C)(C)C)c(C#N)c1. The summed E-state index contributed by atoms with van der Waals surface area (Å²) in [6.07, 6.45) is 0.0670. The zero-order valence-electron chi connectivity index (χ0n) is 13.1. The summed E-state index contributed by atoms with van der Waals surface area (Å²) in [7, 11) is 1.30. The number of carbonyl (C=O) groups is 2. The van der Waals surface area contributed by atoms with E-state index < -0.39 is 17.5 Å². The van der Waals surface area contributed by atoms with Crippen LogP contribution in [0.1, 0.15) is 31.9 Å². The molecule has 0 fully saturated rings. The highest BCUT2D eigenvalue weighted by molar-refractivity contribution is 5.73. The molecule has 0 bridgehead atoms. The lowest BCUT2D eigenvalue weighted by molar-refractivity contribution is -0.157. The minimum atomic E-state index is -0.594. The lowest BCUT2D eigenvalue weighted by atomic mass is 10.1. The van der Waals surface area contributed by atoms with Crippen LogP contribution in [0.15, 0.2) is 18.2 Å². The fourth-order valence-electron chi connectivity index (χ4n) is 1.65. The van der Waals surface area contributed by atoms with Crippen LogP contribution in [0.5, 0.6) is 5.75 Å². The Morgan fingerprint density at radius 1 is 1.23 bits per heavy atom. The summed E-state index contributed by atoms with van der Waals surface area (Å²) in [5.41, 5.74) is 0.279. The molecule has 1 aromatic carbocycles. The Hall–Kier alpha value is -2.55. The second-order valence-electron chi connectivity index (χ2n) is 5.57. The van der Waals surface area contributed by atoms with Gasteiger partial charge in [0.15, 0.2) is 6.61 Å². The molecule has 1 rings (SSSR count). The van der Waals surface area contributed by atoms with Crippen LogP contribution < -0.4 is 4.74 Å². The quantitative estimate of drug-likeness (QED) is 0.773. The van der Waals surface area contributed by atoms with Gasteiger partial charge < -0.3 is 14.2 Å². The van der Waals surface area contributed by atoms with Gasteiger partial charge in [0.05, 0.1) is 19.1 Å². The van der Waals surface area contributed by atoms with Crippen molar-refractivity contribution < 1.29 is 23.8 Å². The number of benzene rings is 1. The maximum atomic E-state index is 11.6. The fourth-order valence-corrected chi connectivity index (χ4v) is 1.65. The number of carbonyl (C=O) groups excluding carboxylic acids is 2. The minimum absolute atomic E-state index is 0.0670. The molecule has 0 aromatic heterocycles. The highest BCUT2D eigenvalue weighted by Crippen LogP contribution is 2.20. The average Bonchev–Trinajstić information content (AvgIpc) is 2.43. The number of hydrogen-bond donors (Lipinski definition) is 0. The molecule has 0 N–H and O–H groups in total. The predicted molar refractivity (Wildman–Crippen MR) is 78.2 cm³/mol. The van der Waals surface area contributed by atoms with Gasteiger partial charge in [0.25, 0.3) is 0 Å². The molecular weight excluding hydrogens is 286 g/mol. The van der Waals surface area contributed by atoms with Gasteiger partial charge in [-0.1, -0.05) is 6.07 Å². The standard InChI is InChI=1S/C16H19NO5/c1-16(2,3)22-15(19)10-21-13-6-5-11(7-12(13)9-17)8-14(18)20-4/h5-7H,8,10H2,1-4H3. The Morgan fingerprint density at radius 2 is 1.91 bits per heavy atom. The van der Waals surface area contributed by atoms with Crippen LogP contribution in [-0.2, 0) is 25.5 Å². The third-order valence-corrected chi connectivity index (χ3v) is 2.51. The summed E-state index contributed by atoms with van der Waals surface area (Å²) < 4.78 is 15.0. The maximum absolute atomic E-state index is 11.6. The van der Waals surface area contributed by atoms with Gasteiger partial charge in [0.2, 0.25) is 0 Å². The van der Waals surface area contributed by atoms with Crippen LogP contribution in [0.4, 0.5) is 0 Å². The van der Waals surface area contributed by atoms with E-state index in [1.807, 2.05) is 6.07 Å². The molecule has 0 heterocycles. The molecule has 22 heavy (non-hydrogen) atoms. The first-order chi connectivity index (χ1) is 10.2. The Labute approximate surface area is 129 Å². The number of rotatable bonds is 5. The molecule has 0 radical (unpaired) electrons. The van der Waals surface area contributed by atoms with Crippen molar-refractivity contribution in [2.45, 2.75) is 32.8 Å². The van der Waals surface area contributed by atoms with Crippen LogP contribution in [0.25, 0.3) is 0 Å². The van der Waals surface area contributed by atoms with E-state index in [1.165, 1.54) is 13.2 Å². The number of hydrogen-bond acceptors (Lipinski definition) is 6. The zero-order chi connectivity index (χ0) is 16.8. The molecule has 0 aliphatic carbocycles. The molecule has 1 aromatic rings. The van der Waals surface area contributed by atoms with Crippen LogP contribution in [0.2, 0.25) is 0 Å². The van der Waals surface area contributed by atoms with Crippen LogP contribution >= 0.6 is 0 Å². The van der Waals surface area contributed by atoms with Crippen molar-refractivity contribution in [1.29, 1.82) is 5.26 Å². The van der Waals surface area contributed by atoms with Gasteiger partial charge in [-0.2, -0.15) is 5.26 Å². The Balaban J connectivity index is 2.74. The summed E-state index contributed by atoms with van der Waals surface area (Å²) >= 11 is 0. The van der Waals surface area contributed by atoms with Crippen molar-refractivity contribution in [3.8, 4) is 11.8 Å². The van der Waals surface area contributed by atoms with Gasteiger partial charge in [0.1, 0.15) is 17.4 Å². The number of methoxy groups -OCH3 is 1. The molecule has 0 amide bonds. The van der Waals surface area contributed by atoms with E-state index in [0.29, 0.717) is 5.56 Å². The van der Waals surface area contributed by atoms with Crippen molar-refractivity contribution >= 4 is 11.9 Å². The van der Waals surface area contributed by atoms with Gasteiger partial charge in [-0.05, 0) is 38.5 Å². The first-order valence-electron chi connectivity index (χ1n) is 6.69. The highest BCUT2D eigenvalue weighted by atomic mass is 16.6. The second-order valence-corrected chi connectivity index (χ2v) is 5.57. The minimum Gasteiger partial charge on any atom is -0.481 e. The Bertz CT molecular complexity index is 596. The fraction of sp³-hybridized carbons (Fsp3) is 0.438. The second kappa shape index (κ2) is 7.46. The summed E-state index contributed by atoms with van der Waals surface area (Å²) in [5.74, 6) is -0.650. The molecule has 6 heteroatoms. The van der Waals surface area contributed by atoms with Crippen molar-refractivity contribution in [2.24, 2.45) is 0 Å². The number of nitrogens with zero attached hydrogens (tertiary/aromatic N) is 1. The summed E-state index contributed by atoms with van der Waals surface area (Å²) in [6.45, 7) is 4.98. The van der Waals surface area contributed by atoms with E-state index in [9.17, 15) is 9.59 Å². The van der Waals surface area contributed by atoms with Gasteiger partial charge >= 0.3 is 11.9 Å². The molecule has 0 aliphatic rings. The molecule has 0 aliphatic heterocycles. The van der Waals surface area contributed by atoms with Gasteiger partial charge in [-0.15, -0.1) is 0 Å². The first-order valence-corrected chi connectivity index (χ1v) is 6.69. The third-order valence-electron chi connectivity index (χ3n) is 2.51. The van der Waals surface area contributed by atoms with Gasteiger partial charge in [-0.3, -0.25) is 4.79 Å². The third kappa shape index (κ3) is 5.83. The number of nitriles is 1. The molecule has 0 spiro atoms. The molecule has 0 unspecified atom stereocenters. The van der Waals surface area contributed by atoms with Crippen LogP contribution in [-0.4, -0.2) is 31.3 Å². The largest absolute Gasteiger partial charge is 0.481 e. The van der Waals surface area contributed by atoms with Crippen LogP contribution in [0.3, 0.4) is 0 Å². The lowest BCUT2D eigenvalue weighted by Crippen LogP contribution is -2.27. The Kier molecular flexibility index (Phi) is 5.93. The van der Waals surface area contributed by atoms with E-state index in [2.05, 4.69) is 4.74 Å². The predicted octanol–water partition coefficient (Wildman–Crippen LogP) is 1.99. The molecule has 0 saturated carbocycles. The maximum Gasteiger partial charge on any atom is 0.344 e. The highest BCUT2D eigenvalue weighted by Gasteiger charge is 2.17. The van der Waals surface area contributed by atoms with Gasteiger partial charge in [-0.25, -0.2) is 4.79 Å². The lowest BCUT2D eigenvalue weighted by Gasteiger charge is -2.19. The topological polar surface area (TPSA) is 85.6 Å². The van der Waals surface area contributed by atoms with Crippen molar-refractivity contribution in [1.82, 2.24) is 0 Å². The molecule has 118 valence electrons. The van der Waals surface area contributed by atoms with E-state index in [4.69, 9.17) is 14.7 Å². The zero-order valence-corrected chi connectivity index (χ0v) is 13.1. The molecular formula is C16H19NO5. The molecule has 0 atom stereocenters. The Morgan fingerprint density at radius 3 is 2.45 bits per heavy atom. The average molecular weight is 305 g/mol. The number of ether oxygens (including phenoxy) is 3. The van der Waals surface area contributed by atoms with Crippen LogP contribution in [0, 0.1) is 11.3 Å².